The summed E-state index contributed by atoms with van der Waals surface area (Å²) in [7, 11) is 3.14. The maximum Gasteiger partial charge on any atom is 0.289 e. The van der Waals surface area contributed by atoms with Gasteiger partial charge in [0.05, 0.1) is 26.5 Å². The van der Waals surface area contributed by atoms with Crippen LogP contribution in [-0.2, 0) is 0 Å². The fraction of sp³-hybridized carbons (Fsp3) is 0.208. The van der Waals surface area contributed by atoms with E-state index in [1.165, 1.54) is 6.21 Å². The third kappa shape index (κ3) is 6.05. The van der Waals surface area contributed by atoms with Crippen LogP contribution in [-0.4, -0.2) is 37.4 Å². The molecule has 160 valence electrons. The van der Waals surface area contributed by atoms with Gasteiger partial charge in [0.2, 0.25) is 0 Å². The third-order valence-corrected chi connectivity index (χ3v) is 4.31. The minimum absolute atomic E-state index is 0.112. The zero-order chi connectivity index (χ0) is 22.2. The molecular formula is C24H25N3O4. The van der Waals surface area contributed by atoms with Crippen molar-refractivity contribution in [2.24, 2.45) is 5.10 Å². The molecular weight excluding hydrogens is 394 g/mol. The Morgan fingerprint density at radius 2 is 1.61 bits per heavy atom. The molecule has 31 heavy (non-hydrogen) atoms. The number of hydrogen-bond donors (Lipinski definition) is 1. The van der Waals surface area contributed by atoms with E-state index in [1.807, 2.05) is 44.2 Å². The number of nitrogens with one attached hydrogen (secondary N) is 1. The number of rotatable bonds is 8. The van der Waals surface area contributed by atoms with E-state index in [-0.39, 0.29) is 11.8 Å². The average molecular weight is 419 g/mol. The lowest BCUT2D eigenvalue weighted by atomic mass is 10.1. The normalized spacial score (nSPS) is 10.9. The van der Waals surface area contributed by atoms with Gasteiger partial charge < -0.3 is 14.2 Å². The highest BCUT2D eigenvalue weighted by Crippen LogP contribution is 2.23. The van der Waals surface area contributed by atoms with Gasteiger partial charge >= 0.3 is 0 Å². The van der Waals surface area contributed by atoms with Crippen LogP contribution in [0.1, 0.15) is 29.9 Å². The number of hydrazone groups is 1. The quantitative estimate of drug-likeness (QED) is 0.434. The highest BCUT2D eigenvalue weighted by Gasteiger charge is 2.09. The summed E-state index contributed by atoms with van der Waals surface area (Å²) in [6, 6.07) is 16.6. The Morgan fingerprint density at radius 3 is 2.23 bits per heavy atom. The predicted molar refractivity (Wildman–Crippen MR) is 120 cm³/mol. The van der Waals surface area contributed by atoms with Crippen LogP contribution in [0, 0.1) is 0 Å². The highest BCUT2D eigenvalue weighted by molar-refractivity contribution is 5.94. The first-order chi connectivity index (χ1) is 15.0. The average Bonchev–Trinajstić information content (AvgIpc) is 2.79. The molecule has 0 aliphatic carbocycles. The van der Waals surface area contributed by atoms with E-state index in [4.69, 9.17) is 14.2 Å². The number of carbonyl (C=O) groups is 1. The van der Waals surface area contributed by atoms with Crippen molar-refractivity contribution in [2.75, 3.05) is 14.2 Å². The molecule has 0 unspecified atom stereocenters. The molecule has 7 nitrogen and oxygen atoms in total. The number of methoxy groups -OCH3 is 2. The number of ether oxygens (including phenoxy) is 3. The van der Waals surface area contributed by atoms with Crippen LogP contribution in [0.4, 0.5) is 0 Å². The lowest BCUT2D eigenvalue weighted by molar-refractivity contribution is 0.0950. The largest absolute Gasteiger partial charge is 0.497 e. The second-order valence-corrected chi connectivity index (χ2v) is 6.97. The van der Waals surface area contributed by atoms with E-state index in [1.54, 1.807) is 44.7 Å². The van der Waals surface area contributed by atoms with Crippen molar-refractivity contribution >= 4 is 12.1 Å². The molecule has 0 aliphatic rings. The van der Waals surface area contributed by atoms with Crippen molar-refractivity contribution in [1.29, 1.82) is 0 Å². The monoisotopic (exact) mass is 419 g/mol. The molecule has 0 radical (unpaired) electrons. The Labute approximate surface area is 181 Å². The molecule has 7 heteroatoms. The zero-order valence-electron chi connectivity index (χ0n) is 18.0. The van der Waals surface area contributed by atoms with E-state index >= 15 is 0 Å². The summed E-state index contributed by atoms with van der Waals surface area (Å²) < 4.78 is 16.1. The summed E-state index contributed by atoms with van der Waals surface area (Å²) in [6.07, 6.45) is 3.22. The van der Waals surface area contributed by atoms with Crippen molar-refractivity contribution in [2.45, 2.75) is 20.0 Å². The molecule has 0 aliphatic heterocycles. The highest BCUT2D eigenvalue weighted by atomic mass is 16.5. The van der Waals surface area contributed by atoms with E-state index in [2.05, 4.69) is 15.5 Å². The Bertz CT molecular complexity index is 1040. The Morgan fingerprint density at radius 1 is 0.935 bits per heavy atom. The van der Waals surface area contributed by atoms with Crippen LogP contribution >= 0.6 is 0 Å². The molecule has 1 heterocycles. The van der Waals surface area contributed by atoms with Gasteiger partial charge in [-0.3, -0.25) is 9.78 Å². The van der Waals surface area contributed by atoms with Crippen LogP contribution in [0.5, 0.6) is 17.2 Å². The summed E-state index contributed by atoms with van der Waals surface area (Å²) in [6.45, 7) is 3.96. The van der Waals surface area contributed by atoms with Gasteiger partial charge in [0.15, 0.2) is 0 Å². The minimum atomic E-state index is -0.410. The fourth-order valence-corrected chi connectivity index (χ4v) is 2.86. The molecule has 0 fully saturated rings. The number of nitrogens with zero attached hydrogens (tertiary/aromatic N) is 2. The smallest absolute Gasteiger partial charge is 0.289 e. The molecule has 2 aromatic carbocycles. The Hall–Kier alpha value is -3.87. The van der Waals surface area contributed by atoms with Gasteiger partial charge in [-0.1, -0.05) is 12.1 Å². The lowest BCUT2D eigenvalue weighted by Crippen LogP contribution is -2.19. The van der Waals surface area contributed by atoms with Crippen LogP contribution in [0.25, 0.3) is 11.1 Å². The van der Waals surface area contributed by atoms with Crippen LogP contribution in [0.15, 0.2) is 65.9 Å². The van der Waals surface area contributed by atoms with Crippen molar-refractivity contribution in [1.82, 2.24) is 10.4 Å². The molecule has 0 saturated carbocycles. The van der Waals surface area contributed by atoms with E-state index in [0.29, 0.717) is 11.5 Å². The van der Waals surface area contributed by atoms with E-state index < -0.39 is 5.91 Å². The summed E-state index contributed by atoms with van der Waals surface area (Å²) in [5.74, 6) is 1.65. The standard InChI is InChI=1S/C24H25N3O4/c1-16(2)31-20-7-5-18(6-8-20)19-9-10-25-23(13-19)24(28)27-26-15-17-11-21(29-3)14-22(12-17)30-4/h5-16H,1-4H3,(H,27,28)/b26-15+. The molecule has 1 aromatic heterocycles. The minimum Gasteiger partial charge on any atom is -0.497 e. The van der Waals surface area contributed by atoms with Gasteiger partial charge in [-0.05, 0) is 61.4 Å². The number of benzene rings is 2. The van der Waals surface area contributed by atoms with Gasteiger partial charge in [-0.25, -0.2) is 5.43 Å². The first-order valence-electron chi connectivity index (χ1n) is 9.78. The molecule has 0 spiro atoms. The van der Waals surface area contributed by atoms with Crippen molar-refractivity contribution in [3.05, 3.63) is 72.1 Å². The maximum atomic E-state index is 12.5. The van der Waals surface area contributed by atoms with Gasteiger partial charge in [-0.15, -0.1) is 0 Å². The maximum absolute atomic E-state index is 12.5. The van der Waals surface area contributed by atoms with Gasteiger partial charge in [0.1, 0.15) is 22.9 Å². The predicted octanol–water partition coefficient (Wildman–Crippen LogP) is 4.32. The molecule has 3 rings (SSSR count). The van der Waals surface area contributed by atoms with Crippen LogP contribution < -0.4 is 19.6 Å². The second-order valence-electron chi connectivity index (χ2n) is 6.97. The molecule has 0 saturated heterocycles. The zero-order valence-corrected chi connectivity index (χ0v) is 18.0. The van der Waals surface area contributed by atoms with Crippen molar-refractivity contribution < 1.29 is 19.0 Å². The topological polar surface area (TPSA) is 82.0 Å². The van der Waals surface area contributed by atoms with Crippen molar-refractivity contribution in [3.8, 4) is 28.4 Å². The third-order valence-electron chi connectivity index (χ3n) is 4.31. The summed E-state index contributed by atoms with van der Waals surface area (Å²) in [5, 5.41) is 4.02. The molecule has 1 amide bonds. The Balaban J connectivity index is 1.70. The molecule has 1 N–H and O–H groups in total. The van der Waals surface area contributed by atoms with E-state index in [9.17, 15) is 4.79 Å². The number of carbonyl (C=O) groups excluding carboxylic acids is 1. The van der Waals surface area contributed by atoms with Gasteiger partial charge in [0.25, 0.3) is 5.91 Å². The van der Waals surface area contributed by atoms with Gasteiger partial charge in [-0.2, -0.15) is 5.10 Å². The summed E-state index contributed by atoms with van der Waals surface area (Å²) in [5.41, 5.74) is 5.32. The Kier molecular flexibility index (Phi) is 7.22. The lowest BCUT2D eigenvalue weighted by Gasteiger charge is -2.10. The second kappa shape index (κ2) is 10.2. The summed E-state index contributed by atoms with van der Waals surface area (Å²) >= 11 is 0. The fourth-order valence-electron chi connectivity index (χ4n) is 2.86. The number of aromatic nitrogens is 1. The molecule has 0 atom stereocenters. The molecule has 0 bridgehead atoms. The van der Waals surface area contributed by atoms with Crippen molar-refractivity contribution in [3.63, 3.8) is 0 Å². The first-order valence-corrected chi connectivity index (χ1v) is 9.78. The molecule has 3 aromatic rings. The van der Waals surface area contributed by atoms with Crippen LogP contribution in [0.3, 0.4) is 0 Å². The first kappa shape index (κ1) is 21.8. The number of amides is 1. The number of pyridine rings is 1. The SMILES string of the molecule is COc1cc(/C=N/NC(=O)c2cc(-c3ccc(OC(C)C)cc3)ccn2)cc(OC)c1. The van der Waals surface area contributed by atoms with Crippen LogP contribution in [0.2, 0.25) is 0 Å². The van der Waals surface area contributed by atoms with E-state index in [0.717, 1.165) is 22.4 Å². The summed E-state index contributed by atoms with van der Waals surface area (Å²) in [4.78, 5) is 16.6. The number of hydrogen-bond acceptors (Lipinski definition) is 6. The van der Waals surface area contributed by atoms with Gasteiger partial charge in [0, 0.05) is 17.8 Å².